The van der Waals surface area contributed by atoms with Gasteiger partial charge in [-0.05, 0) is 26.1 Å². The molecular formula is C16H22N2O5. The molecule has 0 radical (unpaired) electrons. The predicted octanol–water partition coefficient (Wildman–Crippen LogP) is 1.28. The van der Waals surface area contributed by atoms with Crippen molar-refractivity contribution in [3.8, 4) is 11.5 Å². The summed E-state index contributed by atoms with van der Waals surface area (Å²) in [6.45, 7) is 3.45. The van der Waals surface area contributed by atoms with Crippen LogP contribution in [0.25, 0.3) is 0 Å². The molecule has 0 aromatic heterocycles. The van der Waals surface area contributed by atoms with Crippen molar-refractivity contribution in [1.82, 2.24) is 4.90 Å². The molecule has 23 heavy (non-hydrogen) atoms. The Morgan fingerprint density at radius 2 is 1.96 bits per heavy atom. The molecule has 126 valence electrons. The van der Waals surface area contributed by atoms with Crippen LogP contribution in [-0.4, -0.2) is 56.7 Å². The number of amides is 1. The molecule has 1 aromatic rings. The molecule has 0 saturated heterocycles. The predicted molar refractivity (Wildman–Crippen MR) is 84.8 cm³/mol. The van der Waals surface area contributed by atoms with Crippen molar-refractivity contribution >= 4 is 17.6 Å². The number of carbonyl (C=O) groups is 2. The van der Waals surface area contributed by atoms with E-state index in [-0.39, 0.29) is 25.0 Å². The number of nitrogens with one attached hydrogen (secondary N) is 1. The van der Waals surface area contributed by atoms with Crippen molar-refractivity contribution in [3.05, 3.63) is 18.2 Å². The van der Waals surface area contributed by atoms with Gasteiger partial charge in [0.2, 0.25) is 5.91 Å². The lowest BCUT2D eigenvalue weighted by atomic mass is 10.2. The first-order valence-corrected chi connectivity index (χ1v) is 7.62. The topological polar surface area (TPSA) is 77.1 Å². The number of anilines is 1. The highest BCUT2D eigenvalue weighted by molar-refractivity contribution is 5.92. The number of hydrogen-bond donors (Lipinski definition) is 1. The second-order valence-electron chi connectivity index (χ2n) is 5.24. The van der Waals surface area contributed by atoms with E-state index in [0.29, 0.717) is 37.0 Å². The third kappa shape index (κ3) is 5.45. The first-order chi connectivity index (χ1) is 11.1. The molecule has 7 nitrogen and oxygen atoms in total. The van der Waals surface area contributed by atoms with Crippen LogP contribution in [0.15, 0.2) is 18.2 Å². The third-order valence-corrected chi connectivity index (χ3v) is 3.15. The zero-order valence-corrected chi connectivity index (χ0v) is 13.5. The van der Waals surface area contributed by atoms with E-state index in [9.17, 15) is 9.59 Å². The number of rotatable bonds is 6. The van der Waals surface area contributed by atoms with Crippen molar-refractivity contribution in [1.29, 1.82) is 0 Å². The Morgan fingerprint density at radius 3 is 2.70 bits per heavy atom. The van der Waals surface area contributed by atoms with E-state index in [4.69, 9.17) is 14.2 Å². The lowest BCUT2D eigenvalue weighted by Gasteiger charge is -2.15. The molecule has 0 bridgehead atoms. The Balaban J connectivity index is 1.87. The maximum atomic E-state index is 12.0. The summed E-state index contributed by atoms with van der Waals surface area (Å²) < 4.78 is 16.0. The van der Waals surface area contributed by atoms with Crippen LogP contribution in [0.4, 0.5) is 5.69 Å². The molecule has 2 rings (SSSR count). The molecule has 7 heteroatoms. The van der Waals surface area contributed by atoms with E-state index < -0.39 is 0 Å². The van der Waals surface area contributed by atoms with Crippen LogP contribution in [0.3, 0.4) is 0 Å². The molecule has 0 saturated carbocycles. The minimum Gasteiger partial charge on any atom is -0.490 e. The van der Waals surface area contributed by atoms with Gasteiger partial charge in [0.05, 0.1) is 32.9 Å². The number of carbonyl (C=O) groups excluding carboxylic acids is 2. The lowest BCUT2D eigenvalue weighted by molar-refractivity contribution is -0.144. The summed E-state index contributed by atoms with van der Waals surface area (Å²) in [5.41, 5.74) is 0.629. The average Bonchev–Trinajstić information content (AvgIpc) is 2.71. The first-order valence-electron chi connectivity index (χ1n) is 7.62. The van der Waals surface area contributed by atoms with Crippen LogP contribution in [0.2, 0.25) is 0 Å². The average molecular weight is 322 g/mol. The van der Waals surface area contributed by atoms with Gasteiger partial charge in [-0.3, -0.25) is 14.5 Å². The Morgan fingerprint density at radius 1 is 1.22 bits per heavy atom. The van der Waals surface area contributed by atoms with Crippen LogP contribution in [0.5, 0.6) is 11.5 Å². The second-order valence-corrected chi connectivity index (χ2v) is 5.24. The Kier molecular flexibility index (Phi) is 6.22. The molecule has 1 heterocycles. The van der Waals surface area contributed by atoms with Gasteiger partial charge in [-0.2, -0.15) is 0 Å². The summed E-state index contributed by atoms with van der Waals surface area (Å²) in [5.74, 6) is 0.741. The molecule has 0 spiro atoms. The molecule has 1 aliphatic heterocycles. The summed E-state index contributed by atoms with van der Waals surface area (Å²) in [6.07, 6.45) is 0.828. The van der Waals surface area contributed by atoms with Gasteiger partial charge in [0.15, 0.2) is 11.5 Å². The number of hydrogen-bond acceptors (Lipinski definition) is 6. The Bertz CT molecular complexity index is 561. The molecule has 0 unspecified atom stereocenters. The fourth-order valence-electron chi connectivity index (χ4n) is 2.17. The van der Waals surface area contributed by atoms with Crippen molar-refractivity contribution in [2.75, 3.05) is 45.3 Å². The van der Waals surface area contributed by atoms with Crippen LogP contribution < -0.4 is 14.8 Å². The molecule has 1 amide bonds. The maximum absolute atomic E-state index is 12.0. The Labute approximate surface area is 135 Å². The van der Waals surface area contributed by atoms with Gasteiger partial charge in [-0.15, -0.1) is 0 Å². The summed E-state index contributed by atoms with van der Waals surface area (Å²) in [5, 5.41) is 2.78. The maximum Gasteiger partial charge on any atom is 0.320 e. The number of likely N-dealkylation sites (N-methyl/N-ethyl adjacent to an activating group) is 1. The van der Waals surface area contributed by atoms with E-state index >= 15 is 0 Å². The quantitative estimate of drug-likeness (QED) is 0.795. The van der Waals surface area contributed by atoms with E-state index in [1.807, 2.05) is 0 Å². The van der Waals surface area contributed by atoms with Gasteiger partial charge < -0.3 is 19.5 Å². The smallest absolute Gasteiger partial charge is 0.320 e. The van der Waals surface area contributed by atoms with Gasteiger partial charge in [0.25, 0.3) is 0 Å². The third-order valence-electron chi connectivity index (χ3n) is 3.15. The normalized spacial score (nSPS) is 13.3. The summed E-state index contributed by atoms with van der Waals surface area (Å²) in [7, 11) is 1.68. The molecule has 0 fully saturated rings. The van der Waals surface area contributed by atoms with Gasteiger partial charge in [0, 0.05) is 18.2 Å². The van der Waals surface area contributed by atoms with Gasteiger partial charge >= 0.3 is 5.97 Å². The molecule has 1 aliphatic rings. The summed E-state index contributed by atoms with van der Waals surface area (Å²) in [4.78, 5) is 25.0. The zero-order chi connectivity index (χ0) is 16.7. The van der Waals surface area contributed by atoms with Crippen molar-refractivity contribution in [2.45, 2.75) is 13.3 Å². The SMILES string of the molecule is CCOC(=O)CN(C)CC(=O)Nc1ccc2c(c1)OCCCO2. The van der Waals surface area contributed by atoms with Gasteiger partial charge in [0.1, 0.15) is 0 Å². The van der Waals surface area contributed by atoms with Crippen LogP contribution in [0, 0.1) is 0 Å². The number of esters is 1. The number of nitrogens with zero attached hydrogens (tertiary/aromatic N) is 1. The van der Waals surface area contributed by atoms with E-state index in [2.05, 4.69) is 5.32 Å². The molecule has 0 atom stereocenters. The highest BCUT2D eigenvalue weighted by Crippen LogP contribution is 2.32. The minimum absolute atomic E-state index is 0.0718. The number of fused-ring (bicyclic) bond motifs is 1. The summed E-state index contributed by atoms with van der Waals surface area (Å²) in [6, 6.07) is 5.28. The van der Waals surface area contributed by atoms with Crippen molar-refractivity contribution < 1.29 is 23.8 Å². The molecule has 0 aliphatic carbocycles. The van der Waals surface area contributed by atoms with Gasteiger partial charge in [-0.25, -0.2) is 0 Å². The van der Waals surface area contributed by atoms with Gasteiger partial charge in [-0.1, -0.05) is 0 Å². The molecule has 1 aromatic carbocycles. The fourth-order valence-corrected chi connectivity index (χ4v) is 2.17. The monoisotopic (exact) mass is 322 g/mol. The molecule has 1 N–H and O–H groups in total. The second kappa shape index (κ2) is 8.38. The largest absolute Gasteiger partial charge is 0.490 e. The van der Waals surface area contributed by atoms with Crippen LogP contribution in [-0.2, 0) is 14.3 Å². The van der Waals surface area contributed by atoms with Crippen LogP contribution in [0.1, 0.15) is 13.3 Å². The summed E-state index contributed by atoms with van der Waals surface area (Å²) >= 11 is 0. The minimum atomic E-state index is -0.349. The number of benzene rings is 1. The van der Waals surface area contributed by atoms with Crippen molar-refractivity contribution in [2.24, 2.45) is 0 Å². The Hall–Kier alpha value is -2.28. The standard InChI is InChI=1S/C16H22N2O5/c1-3-21-16(20)11-18(2)10-15(19)17-12-5-6-13-14(9-12)23-8-4-7-22-13/h5-6,9H,3-4,7-8,10-11H2,1-2H3,(H,17,19). The first kappa shape index (κ1) is 17.1. The highest BCUT2D eigenvalue weighted by atomic mass is 16.5. The highest BCUT2D eigenvalue weighted by Gasteiger charge is 2.14. The van der Waals surface area contributed by atoms with E-state index in [0.717, 1.165) is 6.42 Å². The van der Waals surface area contributed by atoms with E-state index in [1.165, 1.54) is 0 Å². The zero-order valence-electron chi connectivity index (χ0n) is 13.5. The van der Waals surface area contributed by atoms with Crippen molar-refractivity contribution in [3.63, 3.8) is 0 Å². The fraction of sp³-hybridized carbons (Fsp3) is 0.500. The van der Waals surface area contributed by atoms with E-state index in [1.54, 1.807) is 37.1 Å². The molecular weight excluding hydrogens is 300 g/mol. The van der Waals surface area contributed by atoms with Crippen LogP contribution >= 0.6 is 0 Å². The number of ether oxygens (including phenoxy) is 3. The lowest BCUT2D eigenvalue weighted by Crippen LogP contribution is -2.34.